The first-order chi connectivity index (χ1) is 11.0. The Morgan fingerprint density at radius 1 is 1.52 bits per heavy atom. The van der Waals surface area contributed by atoms with E-state index < -0.39 is 4.92 Å². The molecule has 2 N–H and O–H groups in total. The van der Waals surface area contributed by atoms with E-state index in [1.165, 1.54) is 25.3 Å². The summed E-state index contributed by atoms with van der Waals surface area (Å²) in [5.74, 6) is 0.637. The molecule has 0 aliphatic carbocycles. The van der Waals surface area contributed by atoms with Gasteiger partial charge in [-0.25, -0.2) is 0 Å². The van der Waals surface area contributed by atoms with Gasteiger partial charge < -0.3 is 20.1 Å². The Labute approximate surface area is 134 Å². The molecular weight excluding hydrogens is 302 g/mol. The summed E-state index contributed by atoms with van der Waals surface area (Å²) in [4.78, 5) is 22.2. The fraction of sp³-hybridized carbons (Fsp3) is 0.533. The number of nitro benzene ring substituents is 1. The summed E-state index contributed by atoms with van der Waals surface area (Å²) >= 11 is 0. The quantitative estimate of drug-likeness (QED) is 0.600. The van der Waals surface area contributed by atoms with Gasteiger partial charge in [-0.3, -0.25) is 14.9 Å². The minimum absolute atomic E-state index is 0.0891. The number of rotatable bonds is 6. The zero-order chi connectivity index (χ0) is 16.8. The van der Waals surface area contributed by atoms with Crippen LogP contribution in [-0.4, -0.2) is 43.7 Å². The van der Waals surface area contributed by atoms with Crippen LogP contribution >= 0.6 is 0 Å². The van der Waals surface area contributed by atoms with Crippen molar-refractivity contribution >= 4 is 11.6 Å². The molecule has 8 heteroatoms. The van der Waals surface area contributed by atoms with E-state index in [0.717, 1.165) is 19.5 Å². The van der Waals surface area contributed by atoms with Gasteiger partial charge in [-0.15, -0.1) is 0 Å². The monoisotopic (exact) mass is 323 g/mol. The molecule has 2 unspecified atom stereocenters. The average molecular weight is 323 g/mol. The van der Waals surface area contributed by atoms with Crippen LogP contribution < -0.4 is 20.1 Å². The van der Waals surface area contributed by atoms with Gasteiger partial charge in [-0.05, 0) is 24.9 Å². The normalized spacial score (nSPS) is 20.6. The van der Waals surface area contributed by atoms with Gasteiger partial charge in [-0.2, -0.15) is 0 Å². The molecule has 0 saturated carbocycles. The maximum Gasteiger partial charge on any atom is 0.311 e. The van der Waals surface area contributed by atoms with E-state index in [1.54, 1.807) is 0 Å². The number of benzene rings is 1. The van der Waals surface area contributed by atoms with E-state index in [4.69, 9.17) is 9.47 Å². The number of piperidine rings is 1. The van der Waals surface area contributed by atoms with Gasteiger partial charge in [-0.1, -0.05) is 6.92 Å². The zero-order valence-electron chi connectivity index (χ0n) is 13.2. The lowest BCUT2D eigenvalue weighted by molar-refractivity contribution is -0.385. The van der Waals surface area contributed by atoms with Crippen LogP contribution in [0.25, 0.3) is 0 Å². The molecule has 0 radical (unpaired) electrons. The molecule has 1 aliphatic rings. The van der Waals surface area contributed by atoms with E-state index in [0.29, 0.717) is 11.7 Å². The van der Waals surface area contributed by atoms with E-state index >= 15 is 0 Å². The van der Waals surface area contributed by atoms with Crippen molar-refractivity contribution in [1.82, 2.24) is 10.6 Å². The van der Waals surface area contributed by atoms with E-state index in [-0.39, 0.29) is 30.0 Å². The highest BCUT2D eigenvalue weighted by molar-refractivity contribution is 5.78. The number of nitro groups is 1. The topological polar surface area (TPSA) is 103 Å². The molecule has 23 heavy (non-hydrogen) atoms. The van der Waals surface area contributed by atoms with Crippen molar-refractivity contribution in [3.63, 3.8) is 0 Å². The Morgan fingerprint density at radius 2 is 2.30 bits per heavy atom. The number of nitrogens with one attached hydrogen (secondary N) is 2. The van der Waals surface area contributed by atoms with Crippen LogP contribution in [0.3, 0.4) is 0 Å². The van der Waals surface area contributed by atoms with Gasteiger partial charge in [0.15, 0.2) is 6.61 Å². The number of carbonyl (C=O) groups is 1. The van der Waals surface area contributed by atoms with Crippen LogP contribution in [0, 0.1) is 16.0 Å². The number of nitrogens with zero attached hydrogens (tertiary/aromatic N) is 1. The summed E-state index contributed by atoms with van der Waals surface area (Å²) in [6, 6.07) is 4.22. The Hall–Kier alpha value is -2.35. The van der Waals surface area contributed by atoms with Crippen molar-refractivity contribution in [1.29, 1.82) is 0 Å². The largest absolute Gasteiger partial charge is 0.490 e. The smallest absolute Gasteiger partial charge is 0.311 e. The summed E-state index contributed by atoms with van der Waals surface area (Å²) in [5.41, 5.74) is -0.147. The molecule has 1 aromatic rings. The zero-order valence-corrected chi connectivity index (χ0v) is 13.2. The van der Waals surface area contributed by atoms with Crippen molar-refractivity contribution in [2.24, 2.45) is 5.92 Å². The minimum atomic E-state index is -0.535. The highest BCUT2D eigenvalue weighted by Gasteiger charge is 2.22. The summed E-state index contributed by atoms with van der Waals surface area (Å²) in [6.07, 6.45) is 1.02. The number of ether oxygens (including phenoxy) is 2. The lowest BCUT2D eigenvalue weighted by Crippen LogP contribution is -2.51. The predicted octanol–water partition coefficient (Wildman–Crippen LogP) is 1.10. The third kappa shape index (κ3) is 4.56. The Balaban J connectivity index is 1.90. The standard InChI is InChI=1S/C15H21N3O5/c1-10-5-6-16-8-12(10)17-15(19)9-23-11-3-4-13(18(20)21)14(7-11)22-2/h3-4,7,10,12,16H,5-6,8-9H2,1-2H3,(H,17,19). The molecule has 8 nitrogen and oxygen atoms in total. The van der Waals surface area contributed by atoms with Crippen LogP contribution in [0.5, 0.6) is 11.5 Å². The van der Waals surface area contributed by atoms with Crippen molar-refractivity contribution < 1.29 is 19.2 Å². The molecule has 1 saturated heterocycles. The lowest BCUT2D eigenvalue weighted by atomic mass is 9.95. The fourth-order valence-electron chi connectivity index (χ4n) is 2.48. The highest BCUT2D eigenvalue weighted by atomic mass is 16.6. The molecule has 1 fully saturated rings. The molecule has 0 spiro atoms. The van der Waals surface area contributed by atoms with Crippen molar-refractivity contribution in [3.8, 4) is 11.5 Å². The fourth-order valence-corrected chi connectivity index (χ4v) is 2.48. The second kappa shape index (κ2) is 7.77. The average Bonchev–Trinajstić information content (AvgIpc) is 2.54. The Morgan fingerprint density at radius 3 is 2.96 bits per heavy atom. The van der Waals surface area contributed by atoms with Gasteiger partial charge in [0.25, 0.3) is 5.91 Å². The second-order valence-corrected chi connectivity index (χ2v) is 5.52. The summed E-state index contributed by atoms with van der Waals surface area (Å²) in [5, 5.41) is 17.0. The van der Waals surface area contributed by atoms with Gasteiger partial charge in [0.05, 0.1) is 12.0 Å². The van der Waals surface area contributed by atoms with Crippen LogP contribution in [0.4, 0.5) is 5.69 Å². The van der Waals surface area contributed by atoms with Crippen LogP contribution in [-0.2, 0) is 4.79 Å². The van der Waals surface area contributed by atoms with E-state index in [1.807, 2.05) is 0 Å². The molecule has 1 aromatic carbocycles. The number of carbonyl (C=O) groups excluding carboxylic acids is 1. The van der Waals surface area contributed by atoms with Gasteiger partial charge >= 0.3 is 5.69 Å². The van der Waals surface area contributed by atoms with E-state index in [2.05, 4.69) is 17.6 Å². The maximum absolute atomic E-state index is 12.0. The minimum Gasteiger partial charge on any atom is -0.490 e. The van der Waals surface area contributed by atoms with Crippen molar-refractivity contribution in [3.05, 3.63) is 28.3 Å². The first-order valence-corrected chi connectivity index (χ1v) is 7.46. The molecule has 0 bridgehead atoms. The Kier molecular flexibility index (Phi) is 5.75. The summed E-state index contributed by atoms with van der Waals surface area (Å²) in [7, 11) is 1.34. The third-order valence-electron chi connectivity index (χ3n) is 3.89. The maximum atomic E-state index is 12.0. The first kappa shape index (κ1) is 17.0. The Bertz CT molecular complexity index is 578. The molecule has 126 valence electrons. The molecule has 1 aliphatic heterocycles. The molecule has 2 rings (SSSR count). The molecular formula is C15H21N3O5. The summed E-state index contributed by atoms with van der Waals surface area (Å²) in [6.45, 7) is 3.67. The molecule has 1 heterocycles. The highest BCUT2D eigenvalue weighted by Crippen LogP contribution is 2.30. The van der Waals surface area contributed by atoms with Gasteiger partial charge in [0, 0.05) is 24.7 Å². The van der Waals surface area contributed by atoms with Gasteiger partial charge in [0.2, 0.25) is 5.75 Å². The van der Waals surface area contributed by atoms with Crippen LogP contribution in [0.15, 0.2) is 18.2 Å². The SMILES string of the molecule is COc1cc(OCC(=O)NC2CNCCC2C)ccc1[N+](=O)[O-]. The van der Waals surface area contributed by atoms with Gasteiger partial charge in [0.1, 0.15) is 5.75 Å². The number of hydrogen-bond donors (Lipinski definition) is 2. The van der Waals surface area contributed by atoms with Crippen LogP contribution in [0.2, 0.25) is 0 Å². The predicted molar refractivity (Wildman–Crippen MR) is 83.7 cm³/mol. The van der Waals surface area contributed by atoms with E-state index in [9.17, 15) is 14.9 Å². The first-order valence-electron chi connectivity index (χ1n) is 7.46. The number of amides is 1. The number of hydrogen-bond acceptors (Lipinski definition) is 6. The molecule has 2 atom stereocenters. The molecule has 1 amide bonds. The lowest BCUT2D eigenvalue weighted by Gasteiger charge is -2.30. The van der Waals surface area contributed by atoms with Crippen molar-refractivity contribution in [2.45, 2.75) is 19.4 Å². The number of methoxy groups -OCH3 is 1. The molecule has 0 aromatic heterocycles. The summed E-state index contributed by atoms with van der Waals surface area (Å²) < 4.78 is 10.3. The third-order valence-corrected chi connectivity index (χ3v) is 3.89. The second-order valence-electron chi connectivity index (χ2n) is 5.52. The van der Waals surface area contributed by atoms with Crippen molar-refractivity contribution in [2.75, 3.05) is 26.8 Å². The van der Waals surface area contributed by atoms with Crippen LogP contribution in [0.1, 0.15) is 13.3 Å².